The Balaban J connectivity index is 1.67. The summed E-state index contributed by atoms with van der Waals surface area (Å²) in [6.45, 7) is 1.91. The molecule has 0 radical (unpaired) electrons. The average Bonchev–Trinajstić information content (AvgIpc) is 2.62. The van der Waals surface area contributed by atoms with E-state index in [1.54, 1.807) is 6.07 Å². The highest BCUT2D eigenvalue weighted by molar-refractivity contribution is 7.92. The number of hydrogen-bond donors (Lipinski definition) is 5. The van der Waals surface area contributed by atoms with Crippen LogP contribution in [-0.2, 0) is 10.0 Å². The summed E-state index contributed by atoms with van der Waals surface area (Å²) >= 11 is 0. The molecule has 150 valence electrons. The lowest BCUT2D eigenvalue weighted by atomic mass is 10.2. The molecule has 0 aliphatic carbocycles. The van der Waals surface area contributed by atoms with Gasteiger partial charge < -0.3 is 15.6 Å². The molecule has 0 aliphatic heterocycles. The van der Waals surface area contributed by atoms with Crippen LogP contribution in [0.4, 0.5) is 21.9 Å². The lowest BCUT2D eigenvalue weighted by Crippen LogP contribution is -2.29. The van der Waals surface area contributed by atoms with Crippen molar-refractivity contribution in [3.8, 4) is 0 Å². The second-order valence-electron chi connectivity index (χ2n) is 6.07. The number of hydrogen-bond acceptors (Lipinski definition) is 5. The van der Waals surface area contributed by atoms with Crippen LogP contribution in [0.3, 0.4) is 0 Å². The number of carbonyl (C=O) groups is 1. The maximum absolute atomic E-state index is 12.3. The predicted molar refractivity (Wildman–Crippen MR) is 109 cm³/mol. The van der Waals surface area contributed by atoms with Crippen LogP contribution in [0.1, 0.15) is 5.56 Å². The van der Waals surface area contributed by atoms with Gasteiger partial charge in [-0.1, -0.05) is 12.1 Å². The van der Waals surface area contributed by atoms with Crippen molar-refractivity contribution in [1.29, 1.82) is 0 Å². The Morgan fingerprint density at radius 2 is 1.59 bits per heavy atom. The molecule has 0 aliphatic rings. The van der Waals surface area contributed by atoms with Crippen LogP contribution in [0, 0.1) is 6.92 Å². The summed E-state index contributed by atoms with van der Waals surface area (Å²) in [6, 6.07) is 12.7. The van der Waals surface area contributed by atoms with Gasteiger partial charge in [0.2, 0.25) is 0 Å². The first-order chi connectivity index (χ1) is 13.7. The Morgan fingerprint density at radius 1 is 0.931 bits per heavy atom. The Kier molecular flexibility index (Phi) is 5.50. The fourth-order valence-corrected chi connectivity index (χ4v) is 3.51. The summed E-state index contributed by atoms with van der Waals surface area (Å²) in [6.07, 6.45) is 0.815. The molecule has 0 saturated carbocycles. The molecule has 0 spiro atoms. The van der Waals surface area contributed by atoms with Crippen molar-refractivity contribution in [3.05, 3.63) is 81.1 Å². The van der Waals surface area contributed by atoms with Crippen molar-refractivity contribution >= 4 is 33.1 Å². The predicted octanol–water partition coefficient (Wildman–Crippen LogP) is 1.82. The highest BCUT2D eigenvalue weighted by atomic mass is 32.2. The van der Waals surface area contributed by atoms with E-state index in [4.69, 9.17) is 0 Å². The van der Waals surface area contributed by atoms with Gasteiger partial charge in [0, 0.05) is 23.3 Å². The van der Waals surface area contributed by atoms with Crippen molar-refractivity contribution < 1.29 is 13.2 Å². The van der Waals surface area contributed by atoms with Gasteiger partial charge in [-0.3, -0.25) is 14.5 Å². The minimum atomic E-state index is -4.21. The number of carbonyl (C=O) groups excluding carboxylic acids is 1. The number of anilines is 3. The van der Waals surface area contributed by atoms with Crippen LogP contribution in [0.5, 0.6) is 0 Å². The van der Waals surface area contributed by atoms with E-state index in [0.29, 0.717) is 11.4 Å². The SMILES string of the molecule is Cc1cccc(NC(=O)Nc2ccc(NS(=O)(=O)c3c[nH]c(=O)[nH]c3=O)cc2)c1. The third-order valence-electron chi connectivity index (χ3n) is 3.75. The van der Waals surface area contributed by atoms with E-state index in [1.165, 1.54) is 24.3 Å². The van der Waals surface area contributed by atoms with Crippen LogP contribution in [0.25, 0.3) is 0 Å². The van der Waals surface area contributed by atoms with Gasteiger partial charge in [0.25, 0.3) is 15.6 Å². The Labute approximate surface area is 165 Å². The molecule has 0 bridgehead atoms. The van der Waals surface area contributed by atoms with E-state index in [1.807, 2.05) is 30.1 Å². The maximum Gasteiger partial charge on any atom is 0.325 e. The first-order valence-electron chi connectivity index (χ1n) is 8.32. The van der Waals surface area contributed by atoms with Crippen LogP contribution in [0.2, 0.25) is 0 Å². The van der Waals surface area contributed by atoms with E-state index in [9.17, 15) is 22.8 Å². The molecule has 29 heavy (non-hydrogen) atoms. The van der Waals surface area contributed by atoms with E-state index in [0.717, 1.165) is 11.8 Å². The minimum absolute atomic E-state index is 0.167. The monoisotopic (exact) mass is 415 g/mol. The van der Waals surface area contributed by atoms with Crippen molar-refractivity contribution in [2.45, 2.75) is 11.8 Å². The van der Waals surface area contributed by atoms with Gasteiger partial charge in [-0.25, -0.2) is 18.0 Å². The number of sulfonamides is 1. The van der Waals surface area contributed by atoms with Gasteiger partial charge in [-0.15, -0.1) is 0 Å². The molecule has 1 heterocycles. The number of urea groups is 1. The molecule has 1 aromatic heterocycles. The van der Waals surface area contributed by atoms with Crippen molar-refractivity contribution in [1.82, 2.24) is 9.97 Å². The highest BCUT2D eigenvalue weighted by Crippen LogP contribution is 2.17. The van der Waals surface area contributed by atoms with Gasteiger partial charge in [0.15, 0.2) is 4.90 Å². The normalized spacial score (nSPS) is 10.9. The van der Waals surface area contributed by atoms with Crippen LogP contribution in [-0.4, -0.2) is 24.4 Å². The van der Waals surface area contributed by atoms with Crippen LogP contribution >= 0.6 is 0 Å². The number of aromatic nitrogens is 2. The molecular formula is C18H17N5O5S. The average molecular weight is 415 g/mol. The van der Waals surface area contributed by atoms with E-state index in [-0.39, 0.29) is 5.69 Å². The molecule has 0 unspecified atom stereocenters. The lowest BCUT2D eigenvalue weighted by molar-refractivity contribution is 0.262. The third kappa shape index (κ3) is 5.11. The highest BCUT2D eigenvalue weighted by Gasteiger charge is 2.19. The van der Waals surface area contributed by atoms with Gasteiger partial charge in [0.1, 0.15) is 0 Å². The summed E-state index contributed by atoms with van der Waals surface area (Å²) < 4.78 is 26.8. The van der Waals surface area contributed by atoms with Crippen molar-refractivity contribution in [3.63, 3.8) is 0 Å². The fraction of sp³-hybridized carbons (Fsp3) is 0.0556. The van der Waals surface area contributed by atoms with Gasteiger partial charge in [-0.2, -0.15) is 0 Å². The number of H-pyrrole nitrogens is 2. The van der Waals surface area contributed by atoms with Crippen LogP contribution < -0.4 is 26.6 Å². The number of aromatic amines is 2. The molecule has 0 saturated heterocycles. The van der Waals surface area contributed by atoms with Crippen LogP contribution in [0.15, 0.2) is 69.2 Å². The summed E-state index contributed by atoms with van der Waals surface area (Å²) in [4.78, 5) is 38.1. The Morgan fingerprint density at radius 3 is 2.24 bits per heavy atom. The van der Waals surface area contributed by atoms with Gasteiger partial charge in [0.05, 0.1) is 0 Å². The lowest BCUT2D eigenvalue weighted by Gasteiger charge is -2.10. The fourth-order valence-electron chi connectivity index (χ4n) is 2.45. The summed E-state index contributed by atoms with van der Waals surface area (Å²) in [5.74, 6) is 0. The van der Waals surface area contributed by atoms with Gasteiger partial charge in [-0.05, 0) is 48.9 Å². The molecule has 0 fully saturated rings. The van der Waals surface area contributed by atoms with E-state index < -0.39 is 32.2 Å². The number of rotatable bonds is 5. The second-order valence-corrected chi connectivity index (χ2v) is 7.72. The van der Waals surface area contributed by atoms with E-state index >= 15 is 0 Å². The van der Waals surface area contributed by atoms with Crippen molar-refractivity contribution in [2.75, 3.05) is 15.4 Å². The molecule has 0 atom stereocenters. The minimum Gasteiger partial charge on any atom is -0.313 e. The molecular weight excluding hydrogens is 398 g/mol. The molecule has 2 aromatic carbocycles. The summed E-state index contributed by atoms with van der Waals surface area (Å²) in [5, 5.41) is 5.31. The molecule has 3 aromatic rings. The topological polar surface area (TPSA) is 153 Å². The smallest absolute Gasteiger partial charge is 0.313 e. The quantitative estimate of drug-likeness (QED) is 0.430. The molecule has 2 amide bonds. The molecule has 5 N–H and O–H groups in total. The number of benzene rings is 2. The number of aryl methyl sites for hydroxylation is 1. The number of amides is 2. The summed E-state index contributed by atoms with van der Waals surface area (Å²) in [5.41, 5.74) is 0.389. The van der Waals surface area contributed by atoms with E-state index in [2.05, 4.69) is 20.3 Å². The third-order valence-corrected chi connectivity index (χ3v) is 5.13. The Hall–Kier alpha value is -3.86. The van der Waals surface area contributed by atoms with Crippen molar-refractivity contribution in [2.24, 2.45) is 0 Å². The standard InChI is InChI=1S/C18H17N5O5S/c1-11-3-2-4-14(9-11)21-18(26)20-12-5-7-13(8-6-12)23-29(27,28)15-10-19-17(25)22-16(15)24/h2-10,23H,1H3,(H2,20,21,26)(H2,19,22,24,25). The molecule has 3 rings (SSSR count). The maximum atomic E-state index is 12.3. The molecule has 11 heteroatoms. The summed E-state index contributed by atoms with van der Waals surface area (Å²) in [7, 11) is -4.21. The molecule has 10 nitrogen and oxygen atoms in total. The Bertz CT molecular complexity index is 1260. The number of nitrogens with one attached hydrogen (secondary N) is 5. The zero-order chi connectivity index (χ0) is 21.0. The first kappa shape index (κ1) is 19.9. The van der Waals surface area contributed by atoms with Gasteiger partial charge >= 0.3 is 11.7 Å². The first-order valence-corrected chi connectivity index (χ1v) is 9.81. The zero-order valence-electron chi connectivity index (χ0n) is 15.1. The largest absolute Gasteiger partial charge is 0.325 e. The second kappa shape index (κ2) is 8.02. The zero-order valence-corrected chi connectivity index (χ0v) is 16.0.